The highest BCUT2D eigenvalue weighted by Crippen LogP contribution is 2.24. The van der Waals surface area contributed by atoms with Crippen molar-refractivity contribution in [2.75, 3.05) is 12.9 Å². The zero-order chi connectivity index (χ0) is 17.4. The molecule has 1 fully saturated rings. The Labute approximate surface area is 145 Å². The number of hydrogen-bond acceptors (Lipinski definition) is 4. The van der Waals surface area contributed by atoms with Gasteiger partial charge in [-0.3, -0.25) is 9.00 Å². The molecule has 1 aromatic carbocycles. The lowest BCUT2D eigenvalue weighted by Gasteiger charge is -2.23. The van der Waals surface area contributed by atoms with Crippen LogP contribution in [0.1, 0.15) is 38.5 Å². The molecule has 0 saturated heterocycles. The molecule has 6 heteroatoms. The van der Waals surface area contributed by atoms with Crippen LogP contribution in [0.15, 0.2) is 35.2 Å². The van der Waals surface area contributed by atoms with Crippen molar-refractivity contribution in [3.63, 3.8) is 0 Å². The van der Waals surface area contributed by atoms with Gasteiger partial charge < -0.3 is 10.1 Å². The van der Waals surface area contributed by atoms with Crippen LogP contribution >= 0.6 is 0 Å². The van der Waals surface area contributed by atoms with Crippen molar-refractivity contribution in [2.24, 2.45) is 5.92 Å². The first-order valence-electron chi connectivity index (χ1n) is 8.43. The molecule has 0 aromatic heterocycles. The van der Waals surface area contributed by atoms with E-state index in [9.17, 15) is 13.8 Å². The Morgan fingerprint density at radius 1 is 1.21 bits per heavy atom. The zero-order valence-corrected chi connectivity index (χ0v) is 14.8. The first kappa shape index (κ1) is 18.6. The van der Waals surface area contributed by atoms with Gasteiger partial charge in [-0.1, -0.05) is 37.5 Å². The van der Waals surface area contributed by atoms with Gasteiger partial charge in [0.15, 0.2) is 0 Å². The minimum absolute atomic E-state index is 0.0227. The second kappa shape index (κ2) is 9.57. The highest BCUT2D eigenvalue weighted by Gasteiger charge is 2.27. The molecular formula is C18H25NO4S. The lowest BCUT2D eigenvalue weighted by atomic mass is 9.88. The van der Waals surface area contributed by atoms with Crippen LogP contribution in [0.2, 0.25) is 0 Å². The van der Waals surface area contributed by atoms with Crippen LogP contribution in [0, 0.1) is 5.92 Å². The van der Waals surface area contributed by atoms with Crippen LogP contribution in [-0.4, -0.2) is 35.0 Å². The summed E-state index contributed by atoms with van der Waals surface area (Å²) in [5.41, 5.74) is 0. The van der Waals surface area contributed by atoms with Crippen LogP contribution in [0.5, 0.6) is 0 Å². The predicted molar refractivity (Wildman–Crippen MR) is 92.9 cm³/mol. The number of nitrogens with one attached hydrogen (secondary N) is 1. The minimum Gasteiger partial charge on any atom is -0.467 e. The van der Waals surface area contributed by atoms with Gasteiger partial charge >= 0.3 is 5.97 Å². The number of esters is 1. The Bertz CT molecular complexity index is 570. The van der Waals surface area contributed by atoms with Gasteiger partial charge in [-0.25, -0.2) is 4.79 Å². The molecule has 5 nitrogen and oxygen atoms in total. The summed E-state index contributed by atoms with van der Waals surface area (Å²) in [6.07, 6.45) is 5.32. The number of carbonyl (C=O) groups excluding carboxylic acids is 2. The average molecular weight is 351 g/mol. The number of hydrogen-bond donors (Lipinski definition) is 1. The summed E-state index contributed by atoms with van der Waals surface area (Å²) in [7, 11) is 0.101. The molecule has 1 aromatic rings. The van der Waals surface area contributed by atoms with E-state index in [2.05, 4.69) is 5.32 Å². The molecular weight excluding hydrogens is 326 g/mol. The largest absolute Gasteiger partial charge is 0.467 e. The molecule has 0 aliphatic heterocycles. The van der Waals surface area contributed by atoms with Crippen LogP contribution in [-0.2, 0) is 25.1 Å². The van der Waals surface area contributed by atoms with Gasteiger partial charge in [-0.15, -0.1) is 0 Å². The summed E-state index contributed by atoms with van der Waals surface area (Å²) >= 11 is 0. The second-order valence-corrected chi connectivity index (χ2v) is 7.64. The number of amides is 1. The van der Waals surface area contributed by atoms with Gasteiger partial charge in [0, 0.05) is 16.6 Å². The summed E-state index contributed by atoms with van der Waals surface area (Å²) in [6.45, 7) is 0. The monoisotopic (exact) mass is 351 g/mol. The second-order valence-electron chi connectivity index (χ2n) is 6.07. The Balaban J connectivity index is 1.91. The van der Waals surface area contributed by atoms with Gasteiger partial charge in [-0.05, 0) is 31.4 Å². The maximum Gasteiger partial charge on any atom is 0.328 e. The van der Waals surface area contributed by atoms with Crippen LogP contribution < -0.4 is 5.32 Å². The Morgan fingerprint density at radius 2 is 1.88 bits per heavy atom. The molecule has 1 aliphatic carbocycles. The van der Waals surface area contributed by atoms with Crippen molar-refractivity contribution in [3.8, 4) is 0 Å². The average Bonchev–Trinajstić information content (AvgIpc) is 2.65. The summed E-state index contributed by atoms with van der Waals surface area (Å²) < 4.78 is 17.1. The maximum atomic E-state index is 12.3. The highest BCUT2D eigenvalue weighted by atomic mass is 32.2. The fourth-order valence-corrected chi connectivity index (χ4v) is 4.11. The summed E-state index contributed by atoms with van der Waals surface area (Å²) in [4.78, 5) is 25.0. The van der Waals surface area contributed by atoms with Crippen molar-refractivity contribution in [1.29, 1.82) is 0 Å². The van der Waals surface area contributed by atoms with E-state index in [0.29, 0.717) is 12.2 Å². The summed E-state index contributed by atoms with van der Waals surface area (Å²) in [5.74, 6) is -0.292. The lowest BCUT2D eigenvalue weighted by Crippen LogP contribution is -2.45. The number of benzene rings is 1. The summed E-state index contributed by atoms with van der Waals surface area (Å²) in [5, 5.41) is 2.80. The van der Waals surface area contributed by atoms with Crippen molar-refractivity contribution in [2.45, 2.75) is 49.5 Å². The van der Waals surface area contributed by atoms with Crippen LogP contribution in [0.3, 0.4) is 0 Å². The first-order valence-corrected chi connectivity index (χ1v) is 9.75. The molecule has 132 valence electrons. The SMILES string of the molecule is COC(=O)[C@@H](CC[S@](=O)c1ccccc1)NC(=O)C1CCCCC1. The Kier molecular flexibility index (Phi) is 7.43. The first-order chi connectivity index (χ1) is 11.6. The molecule has 1 N–H and O–H groups in total. The van der Waals surface area contributed by atoms with E-state index in [4.69, 9.17) is 4.74 Å². The van der Waals surface area contributed by atoms with Crippen LogP contribution in [0.25, 0.3) is 0 Å². The maximum absolute atomic E-state index is 12.3. The molecule has 0 heterocycles. The molecule has 0 unspecified atom stereocenters. The van der Waals surface area contributed by atoms with Gasteiger partial charge in [0.1, 0.15) is 6.04 Å². The quantitative estimate of drug-likeness (QED) is 0.766. The molecule has 1 amide bonds. The van der Waals surface area contributed by atoms with E-state index in [0.717, 1.165) is 30.6 Å². The van der Waals surface area contributed by atoms with E-state index in [1.54, 1.807) is 12.1 Å². The lowest BCUT2D eigenvalue weighted by molar-refractivity contribution is -0.145. The molecule has 24 heavy (non-hydrogen) atoms. The minimum atomic E-state index is -1.20. The van der Waals surface area contributed by atoms with Gasteiger partial charge in [-0.2, -0.15) is 0 Å². The van der Waals surface area contributed by atoms with E-state index in [-0.39, 0.29) is 11.8 Å². The molecule has 2 rings (SSSR count). The van der Waals surface area contributed by atoms with Crippen molar-refractivity contribution in [1.82, 2.24) is 5.32 Å². The molecule has 1 aliphatic rings. The third-order valence-electron chi connectivity index (χ3n) is 4.38. The fourth-order valence-electron chi connectivity index (χ4n) is 2.96. The van der Waals surface area contributed by atoms with Crippen molar-refractivity contribution >= 4 is 22.7 Å². The van der Waals surface area contributed by atoms with E-state index in [1.165, 1.54) is 13.5 Å². The zero-order valence-electron chi connectivity index (χ0n) is 14.0. The van der Waals surface area contributed by atoms with E-state index < -0.39 is 22.8 Å². The van der Waals surface area contributed by atoms with Gasteiger partial charge in [0.2, 0.25) is 5.91 Å². The van der Waals surface area contributed by atoms with Crippen molar-refractivity contribution < 1.29 is 18.5 Å². The topological polar surface area (TPSA) is 72.5 Å². The van der Waals surface area contributed by atoms with Crippen LogP contribution in [0.4, 0.5) is 0 Å². The van der Waals surface area contributed by atoms with Crippen molar-refractivity contribution in [3.05, 3.63) is 30.3 Å². The van der Waals surface area contributed by atoms with Gasteiger partial charge in [0.25, 0.3) is 0 Å². The molecule has 2 atom stereocenters. The number of ether oxygens (including phenoxy) is 1. The smallest absolute Gasteiger partial charge is 0.328 e. The molecule has 0 bridgehead atoms. The third kappa shape index (κ3) is 5.44. The molecule has 1 saturated carbocycles. The fraction of sp³-hybridized carbons (Fsp3) is 0.556. The highest BCUT2D eigenvalue weighted by molar-refractivity contribution is 7.85. The third-order valence-corrected chi connectivity index (χ3v) is 5.78. The Morgan fingerprint density at radius 3 is 2.50 bits per heavy atom. The van der Waals surface area contributed by atoms with Gasteiger partial charge in [0.05, 0.1) is 17.9 Å². The standard InChI is InChI=1S/C18H25NO4S/c1-23-18(21)16(19-17(20)14-8-4-2-5-9-14)12-13-24(22)15-10-6-3-7-11-15/h3,6-7,10-11,14,16H,2,4-5,8-9,12-13H2,1H3,(H,19,20)/t16-,24+/m1/s1. The number of carbonyl (C=O) groups is 2. The molecule has 0 radical (unpaired) electrons. The Hall–Kier alpha value is -1.69. The molecule has 0 spiro atoms. The normalized spacial score (nSPS) is 17.7. The van der Waals surface area contributed by atoms with E-state index in [1.807, 2.05) is 18.2 Å². The number of methoxy groups -OCH3 is 1. The summed E-state index contributed by atoms with van der Waals surface area (Å²) in [6, 6.07) is 8.37. The number of rotatable bonds is 7. The predicted octanol–water partition coefficient (Wildman–Crippen LogP) is 2.42. The van der Waals surface area contributed by atoms with E-state index >= 15 is 0 Å².